The van der Waals surface area contributed by atoms with Gasteiger partial charge in [-0.3, -0.25) is 0 Å². The van der Waals surface area contributed by atoms with Crippen LogP contribution >= 0.6 is 15.9 Å². The van der Waals surface area contributed by atoms with Gasteiger partial charge in [0.2, 0.25) is 0 Å². The van der Waals surface area contributed by atoms with Crippen molar-refractivity contribution in [2.75, 3.05) is 5.33 Å². The number of aryl methyl sites for hydroxylation is 1. The zero-order chi connectivity index (χ0) is 7.23. The highest BCUT2D eigenvalue weighted by atomic mass is 79.9. The van der Waals surface area contributed by atoms with Crippen LogP contribution in [0.4, 0.5) is 0 Å². The maximum Gasteiger partial charge on any atom is 0.00344 e. The zero-order valence-corrected chi connectivity index (χ0v) is 7.39. The van der Waals surface area contributed by atoms with Crippen LogP contribution in [0.2, 0.25) is 0 Å². The minimum atomic E-state index is 1.09. The largest absolute Gasteiger partial charge is 0.0928 e. The van der Waals surface area contributed by atoms with Gasteiger partial charge in [-0.2, -0.15) is 0 Å². The Kier molecular flexibility index (Phi) is 3.52. The van der Waals surface area contributed by atoms with E-state index in [9.17, 15) is 0 Å². The van der Waals surface area contributed by atoms with E-state index in [2.05, 4.69) is 28.1 Å². The lowest BCUT2D eigenvalue weighted by molar-refractivity contribution is 0.939. The molecule has 1 aromatic carbocycles. The Balaban J connectivity index is 2.43. The number of hydrogen-bond acceptors (Lipinski definition) is 0. The zero-order valence-electron chi connectivity index (χ0n) is 5.81. The lowest BCUT2D eigenvalue weighted by Crippen LogP contribution is -1.83. The summed E-state index contributed by atoms with van der Waals surface area (Å²) in [5.74, 6) is 0. The van der Waals surface area contributed by atoms with E-state index in [1.54, 1.807) is 0 Å². The van der Waals surface area contributed by atoms with Gasteiger partial charge >= 0.3 is 0 Å². The lowest BCUT2D eigenvalue weighted by Gasteiger charge is -1.95. The summed E-state index contributed by atoms with van der Waals surface area (Å²) in [5.41, 5.74) is 1.38. The Labute approximate surface area is 70.4 Å². The fourth-order valence-corrected chi connectivity index (χ4v) is 1.14. The summed E-state index contributed by atoms with van der Waals surface area (Å²) in [6, 6.07) is 11.2. The second-order valence-electron chi connectivity index (χ2n) is 2.20. The highest BCUT2D eigenvalue weighted by molar-refractivity contribution is 9.09. The van der Waals surface area contributed by atoms with E-state index in [4.69, 9.17) is 0 Å². The summed E-state index contributed by atoms with van der Waals surface area (Å²) in [6.07, 6.45) is 2.36. The molecular weight excluding hydrogens is 188 g/mol. The summed E-state index contributed by atoms with van der Waals surface area (Å²) in [4.78, 5) is 0. The van der Waals surface area contributed by atoms with Crippen LogP contribution in [0.3, 0.4) is 0 Å². The van der Waals surface area contributed by atoms with Crippen molar-refractivity contribution in [2.45, 2.75) is 12.8 Å². The van der Waals surface area contributed by atoms with Crippen LogP contribution in [-0.2, 0) is 6.42 Å². The van der Waals surface area contributed by atoms with Crippen LogP contribution in [0, 0.1) is 6.07 Å². The van der Waals surface area contributed by atoms with E-state index in [1.807, 2.05) is 18.2 Å². The molecule has 0 aromatic heterocycles. The summed E-state index contributed by atoms with van der Waals surface area (Å²) >= 11 is 3.40. The maximum atomic E-state index is 3.40. The summed E-state index contributed by atoms with van der Waals surface area (Å²) in [7, 11) is 0. The van der Waals surface area contributed by atoms with Gasteiger partial charge in [0.25, 0.3) is 0 Å². The molecule has 0 spiro atoms. The van der Waals surface area contributed by atoms with Gasteiger partial charge in [-0.15, -0.1) is 0 Å². The molecule has 0 bridgehead atoms. The molecule has 0 unspecified atom stereocenters. The molecule has 0 aliphatic rings. The van der Waals surface area contributed by atoms with Gasteiger partial charge in [0.1, 0.15) is 0 Å². The van der Waals surface area contributed by atoms with Crippen molar-refractivity contribution in [3.05, 3.63) is 35.9 Å². The molecule has 0 aliphatic heterocycles. The van der Waals surface area contributed by atoms with Gasteiger partial charge in [-0.05, 0) is 24.5 Å². The SMILES string of the molecule is BrCCCc1c[c]ccc1. The third-order valence-corrected chi connectivity index (χ3v) is 1.93. The summed E-state index contributed by atoms with van der Waals surface area (Å²) in [5, 5.41) is 1.09. The van der Waals surface area contributed by atoms with Crippen LogP contribution in [0.15, 0.2) is 24.3 Å². The standard InChI is InChI=1S/C9H10Br/c10-8-4-7-9-5-2-1-3-6-9/h1-2,5-6H,4,7-8H2. The molecule has 1 radical (unpaired) electrons. The molecule has 53 valence electrons. The number of alkyl halides is 1. The number of benzene rings is 1. The molecule has 0 saturated carbocycles. The van der Waals surface area contributed by atoms with Crippen molar-refractivity contribution >= 4 is 15.9 Å². The molecule has 0 N–H and O–H groups in total. The molecule has 1 aromatic rings. The first kappa shape index (κ1) is 7.80. The molecular formula is C9H10Br. The lowest BCUT2D eigenvalue weighted by atomic mass is 10.1. The molecule has 0 heterocycles. The molecule has 0 amide bonds. The Bertz CT molecular complexity index is 169. The van der Waals surface area contributed by atoms with Crippen molar-refractivity contribution in [1.29, 1.82) is 0 Å². The van der Waals surface area contributed by atoms with Crippen molar-refractivity contribution in [3.63, 3.8) is 0 Å². The number of rotatable bonds is 3. The topological polar surface area (TPSA) is 0 Å². The summed E-state index contributed by atoms with van der Waals surface area (Å²) < 4.78 is 0. The van der Waals surface area contributed by atoms with Gasteiger partial charge in [0.05, 0.1) is 0 Å². The Morgan fingerprint density at radius 3 is 3.00 bits per heavy atom. The maximum absolute atomic E-state index is 3.40. The van der Waals surface area contributed by atoms with Gasteiger partial charge in [-0.25, -0.2) is 0 Å². The molecule has 0 fully saturated rings. The monoisotopic (exact) mass is 197 g/mol. The molecule has 1 heteroatoms. The van der Waals surface area contributed by atoms with E-state index in [0.717, 1.165) is 11.8 Å². The van der Waals surface area contributed by atoms with Gasteiger partial charge in [0, 0.05) is 5.33 Å². The average molecular weight is 198 g/mol. The normalized spacial score (nSPS) is 9.70. The van der Waals surface area contributed by atoms with E-state index in [0.29, 0.717) is 0 Å². The third kappa shape index (κ3) is 2.53. The fourth-order valence-electron chi connectivity index (χ4n) is 0.857. The average Bonchev–Trinajstić information content (AvgIpc) is 2.03. The quantitative estimate of drug-likeness (QED) is 0.655. The van der Waals surface area contributed by atoms with Crippen molar-refractivity contribution < 1.29 is 0 Å². The highest BCUT2D eigenvalue weighted by Crippen LogP contribution is 2.02. The molecule has 0 nitrogen and oxygen atoms in total. The second kappa shape index (κ2) is 4.51. The predicted molar refractivity (Wildman–Crippen MR) is 47.4 cm³/mol. The Morgan fingerprint density at radius 2 is 2.40 bits per heavy atom. The van der Waals surface area contributed by atoms with Crippen LogP contribution in [0.5, 0.6) is 0 Å². The first-order valence-electron chi connectivity index (χ1n) is 3.44. The van der Waals surface area contributed by atoms with Gasteiger partial charge < -0.3 is 0 Å². The second-order valence-corrected chi connectivity index (χ2v) is 3.00. The molecule has 0 saturated heterocycles. The van der Waals surface area contributed by atoms with Crippen LogP contribution in [-0.4, -0.2) is 5.33 Å². The highest BCUT2D eigenvalue weighted by Gasteiger charge is 1.88. The van der Waals surface area contributed by atoms with Crippen molar-refractivity contribution in [2.24, 2.45) is 0 Å². The van der Waals surface area contributed by atoms with E-state index in [1.165, 1.54) is 12.0 Å². The predicted octanol–water partition coefficient (Wildman–Crippen LogP) is 2.81. The summed E-state index contributed by atoms with van der Waals surface area (Å²) in [6.45, 7) is 0. The fraction of sp³-hybridized carbons (Fsp3) is 0.333. The first-order valence-corrected chi connectivity index (χ1v) is 4.56. The molecule has 1 rings (SSSR count). The number of hydrogen-bond donors (Lipinski definition) is 0. The first-order chi connectivity index (χ1) is 4.93. The van der Waals surface area contributed by atoms with Gasteiger partial charge in [-0.1, -0.05) is 40.2 Å². The van der Waals surface area contributed by atoms with Crippen LogP contribution in [0.25, 0.3) is 0 Å². The smallest absolute Gasteiger partial charge is 0.00344 e. The molecule has 0 aliphatic carbocycles. The van der Waals surface area contributed by atoms with Crippen molar-refractivity contribution in [3.8, 4) is 0 Å². The Morgan fingerprint density at radius 1 is 1.50 bits per heavy atom. The van der Waals surface area contributed by atoms with Gasteiger partial charge in [0.15, 0.2) is 0 Å². The van der Waals surface area contributed by atoms with E-state index in [-0.39, 0.29) is 0 Å². The van der Waals surface area contributed by atoms with Crippen LogP contribution in [0.1, 0.15) is 12.0 Å². The van der Waals surface area contributed by atoms with E-state index < -0.39 is 0 Å². The molecule has 0 atom stereocenters. The Hall–Kier alpha value is -0.300. The minimum Gasteiger partial charge on any atom is -0.0928 e. The van der Waals surface area contributed by atoms with Crippen molar-refractivity contribution in [1.82, 2.24) is 0 Å². The van der Waals surface area contributed by atoms with E-state index >= 15 is 0 Å². The number of halogens is 1. The minimum absolute atomic E-state index is 1.09. The van der Waals surface area contributed by atoms with Crippen LogP contribution < -0.4 is 0 Å². The molecule has 10 heavy (non-hydrogen) atoms. The third-order valence-electron chi connectivity index (χ3n) is 1.37.